The molecule has 0 fully saturated rings. The first-order valence-electron chi connectivity index (χ1n) is 9.56. The van der Waals surface area contributed by atoms with E-state index in [2.05, 4.69) is 16.9 Å². The molecule has 0 aliphatic heterocycles. The predicted molar refractivity (Wildman–Crippen MR) is 107 cm³/mol. The van der Waals surface area contributed by atoms with Gasteiger partial charge in [0.1, 0.15) is 5.69 Å². The first kappa shape index (κ1) is 18.9. The van der Waals surface area contributed by atoms with Crippen molar-refractivity contribution in [1.29, 1.82) is 0 Å². The van der Waals surface area contributed by atoms with E-state index < -0.39 is 0 Å². The van der Waals surface area contributed by atoms with E-state index in [-0.39, 0.29) is 11.5 Å². The zero-order chi connectivity index (χ0) is 19.1. The molecule has 27 heavy (non-hydrogen) atoms. The fourth-order valence-corrected chi connectivity index (χ4v) is 3.14. The Morgan fingerprint density at radius 3 is 2.70 bits per heavy atom. The lowest BCUT2D eigenvalue weighted by atomic mass is 10.1. The van der Waals surface area contributed by atoms with E-state index >= 15 is 0 Å². The number of pyridine rings is 1. The molecule has 3 aromatic rings. The van der Waals surface area contributed by atoms with Crippen molar-refractivity contribution in [2.45, 2.75) is 52.0 Å². The van der Waals surface area contributed by atoms with Crippen LogP contribution < -0.4 is 11.3 Å². The van der Waals surface area contributed by atoms with Crippen LogP contribution in [0, 0.1) is 0 Å². The summed E-state index contributed by atoms with van der Waals surface area (Å²) in [5, 5.41) is 0. The molecule has 0 atom stereocenters. The van der Waals surface area contributed by atoms with E-state index in [1.807, 2.05) is 12.3 Å². The lowest BCUT2D eigenvalue weighted by molar-refractivity contribution is 0.550. The smallest absolute Gasteiger partial charge is 0.250 e. The third-order valence-electron chi connectivity index (χ3n) is 4.61. The van der Waals surface area contributed by atoms with E-state index in [4.69, 9.17) is 10.2 Å². The molecule has 0 unspecified atom stereocenters. The lowest BCUT2D eigenvalue weighted by Gasteiger charge is -2.11. The van der Waals surface area contributed by atoms with Gasteiger partial charge in [0, 0.05) is 36.1 Å². The van der Waals surface area contributed by atoms with Crippen molar-refractivity contribution in [3.8, 4) is 22.6 Å². The highest BCUT2D eigenvalue weighted by atomic mass is 16.3. The molecule has 3 aromatic heterocycles. The maximum atomic E-state index is 12.2. The molecule has 0 spiro atoms. The summed E-state index contributed by atoms with van der Waals surface area (Å²) < 4.78 is 7.25. The number of unbranched alkanes of at least 4 members (excludes halogenated alkanes) is 5. The van der Waals surface area contributed by atoms with Crippen LogP contribution >= 0.6 is 0 Å². The largest absolute Gasteiger partial charge is 0.463 e. The van der Waals surface area contributed by atoms with Gasteiger partial charge in [0.05, 0.1) is 6.26 Å². The highest BCUT2D eigenvalue weighted by Crippen LogP contribution is 2.30. The van der Waals surface area contributed by atoms with Crippen molar-refractivity contribution in [2.24, 2.45) is 0 Å². The van der Waals surface area contributed by atoms with E-state index in [1.54, 1.807) is 35.2 Å². The molecule has 142 valence electrons. The Labute approximate surface area is 159 Å². The van der Waals surface area contributed by atoms with Crippen LogP contribution in [0.25, 0.3) is 22.6 Å². The van der Waals surface area contributed by atoms with Gasteiger partial charge in [-0.05, 0) is 24.6 Å². The third-order valence-corrected chi connectivity index (χ3v) is 4.61. The second kappa shape index (κ2) is 9.16. The summed E-state index contributed by atoms with van der Waals surface area (Å²) in [6.07, 6.45) is 12.3. The van der Waals surface area contributed by atoms with Crippen molar-refractivity contribution < 1.29 is 4.42 Å². The molecule has 0 aliphatic rings. The SMILES string of the molecule is CCCCCCCCn1cc(-c2cnc(N)nc2-c2ccco2)ccc1=O. The van der Waals surface area contributed by atoms with Crippen LogP contribution in [0.4, 0.5) is 5.95 Å². The first-order valence-corrected chi connectivity index (χ1v) is 9.56. The molecule has 0 aliphatic carbocycles. The standard InChI is InChI=1S/C21H26N4O2/c1-2-3-4-5-6-7-12-25-15-16(10-11-19(25)26)17-14-23-21(22)24-20(17)18-9-8-13-27-18/h8-11,13-15H,2-7,12H2,1H3,(H2,22,23,24). The summed E-state index contributed by atoms with van der Waals surface area (Å²) in [6.45, 7) is 2.92. The molecule has 2 N–H and O–H groups in total. The molecule has 0 radical (unpaired) electrons. The molecule has 6 nitrogen and oxygen atoms in total. The maximum Gasteiger partial charge on any atom is 0.250 e. The summed E-state index contributed by atoms with van der Waals surface area (Å²) in [4.78, 5) is 20.7. The van der Waals surface area contributed by atoms with Crippen LogP contribution in [0.2, 0.25) is 0 Å². The van der Waals surface area contributed by atoms with Crippen LogP contribution in [0.1, 0.15) is 45.4 Å². The van der Waals surface area contributed by atoms with Crippen molar-refractivity contribution in [3.05, 3.63) is 53.3 Å². The topological polar surface area (TPSA) is 86.9 Å². The molecule has 0 aromatic carbocycles. The zero-order valence-corrected chi connectivity index (χ0v) is 15.7. The number of hydrogen-bond donors (Lipinski definition) is 1. The summed E-state index contributed by atoms with van der Waals surface area (Å²) in [6, 6.07) is 7.02. The quantitative estimate of drug-likeness (QED) is 0.563. The van der Waals surface area contributed by atoms with E-state index in [0.29, 0.717) is 18.0 Å². The minimum absolute atomic E-state index is 0.00298. The Balaban J connectivity index is 1.81. The number of aryl methyl sites for hydroxylation is 1. The molecule has 6 heteroatoms. The number of nitrogen functional groups attached to an aromatic ring is 1. The highest BCUT2D eigenvalue weighted by molar-refractivity contribution is 5.78. The van der Waals surface area contributed by atoms with Crippen molar-refractivity contribution in [2.75, 3.05) is 5.73 Å². The summed E-state index contributed by atoms with van der Waals surface area (Å²) in [5.74, 6) is 0.804. The fraction of sp³-hybridized carbons (Fsp3) is 0.381. The molecule has 0 saturated heterocycles. The summed E-state index contributed by atoms with van der Waals surface area (Å²) >= 11 is 0. The highest BCUT2D eigenvalue weighted by Gasteiger charge is 2.14. The van der Waals surface area contributed by atoms with Crippen LogP contribution in [0.3, 0.4) is 0 Å². The summed E-state index contributed by atoms with van der Waals surface area (Å²) in [7, 11) is 0. The Morgan fingerprint density at radius 1 is 1.11 bits per heavy atom. The van der Waals surface area contributed by atoms with Crippen molar-refractivity contribution >= 4 is 5.95 Å². The van der Waals surface area contributed by atoms with Crippen LogP contribution in [-0.4, -0.2) is 14.5 Å². The molecule has 0 amide bonds. The Kier molecular flexibility index (Phi) is 6.41. The van der Waals surface area contributed by atoms with Gasteiger partial charge in [0.25, 0.3) is 5.56 Å². The monoisotopic (exact) mass is 366 g/mol. The Morgan fingerprint density at radius 2 is 1.93 bits per heavy atom. The number of nitrogens with two attached hydrogens (primary N) is 1. The number of aromatic nitrogens is 3. The van der Waals surface area contributed by atoms with E-state index in [9.17, 15) is 4.79 Å². The number of anilines is 1. The van der Waals surface area contributed by atoms with Gasteiger partial charge in [-0.2, -0.15) is 0 Å². The molecule has 3 heterocycles. The Bertz CT molecular complexity index is 916. The molecular formula is C21H26N4O2. The summed E-state index contributed by atoms with van der Waals surface area (Å²) in [5.41, 5.74) is 8.04. The van der Waals surface area contributed by atoms with Gasteiger partial charge in [0.15, 0.2) is 5.76 Å². The third kappa shape index (κ3) is 4.84. The van der Waals surface area contributed by atoms with Gasteiger partial charge in [-0.1, -0.05) is 39.0 Å². The van der Waals surface area contributed by atoms with E-state index in [0.717, 1.165) is 24.0 Å². The number of furan rings is 1. The van der Waals surface area contributed by atoms with Gasteiger partial charge in [-0.25, -0.2) is 9.97 Å². The minimum Gasteiger partial charge on any atom is -0.463 e. The second-order valence-corrected chi connectivity index (χ2v) is 6.68. The van der Waals surface area contributed by atoms with Gasteiger partial charge in [-0.15, -0.1) is 0 Å². The number of rotatable bonds is 9. The van der Waals surface area contributed by atoms with Crippen molar-refractivity contribution in [3.63, 3.8) is 0 Å². The van der Waals surface area contributed by atoms with Crippen LogP contribution in [0.5, 0.6) is 0 Å². The Hall–Kier alpha value is -2.89. The van der Waals surface area contributed by atoms with Gasteiger partial charge >= 0.3 is 0 Å². The van der Waals surface area contributed by atoms with Gasteiger partial charge in [-0.3, -0.25) is 4.79 Å². The number of hydrogen-bond acceptors (Lipinski definition) is 5. The maximum absolute atomic E-state index is 12.2. The van der Waals surface area contributed by atoms with E-state index in [1.165, 1.54) is 25.7 Å². The normalized spacial score (nSPS) is 11.0. The molecule has 0 saturated carbocycles. The zero-order valence-electron chi connectivity index (χ0n) is 15.7. The van der Waals surface area contributed by atoms with Gasteiger partial charge in [0.2, 0.25) is 5.95 Å². The first-order chi connectivity index (χ1) is 13.2. The molecule has 3 rings (SSSR count). The second-order valence-electron chi connectivity index (χ2n) is 6.68. The fourth-order valence-electron chi connectivity index (χ4n) is 3.14. The minimum atomic E-state index is 0.00298. The molecular weight excluding hydrogens is 340 g/mol. The van der Waals surface area contributed by atoms with Gasteiger partial charge < -0.3 is 14.7 Å². The van der Waals surface area contributed by atoms with Crippen LogP contribution in [0.15, 0.2) is 52.1 Å². The van der Waals surface area contributed by atoms with Crippen LogP contribution in [-0.2, 0) is 6.54 Å². The number of nitrogens with zero attached hydrogens (tertiary/aromatic N) is 3. The average molecular weight is 366 g/mol. The predicted octanol–water partition coefficient (Wildman–Crippen LogP) is 4.51. The molecule has 0 bridgehead atoms. The average Bonchev–Trinajstić information content (AvgIpc) is 3.21. The lowest BCUT2D eigenvalue weighted by Crippen LogP contribution is -2.18. The van der Waals surface area contributed by atoms with Crippen molar-refractivity contribution in [1.82, 2.24) is 14.5 Å².